The van der Waals surface area contributed by atoms with E-state index < -0.39 is 53.8 Å². The molecule has 31 heavy (non-hydrogen) atoms. The monoisotopic (exact) mass is 479 g/mol. The van der Waals surface area contributed by atoms with Gasteiger partial charge < -0.3 is 32.5 Å². The molecule has 178 valence electrons. The summed E-state index contributed by atoms with van der Waals surface area (Å²) in [4.78, 5) is 59.6. The number of rotatable bonds is 15. The Balaban J connectivity index is 5.10. The smallest absolute Gasteiger partial charge is 0.326 e. The minimum absolute atomic E-state index is 0.0196. The fourth-order valence-electron chi connectivity index (χ4n) is 2.45. The van der Waals surface area contributed by atoms with Gasteiger partial charge in [0, 0.05) is 12.2 Å². The molecule has 4 unspecified atom stereocenters. The fourth-order valence-corrected chi connectivity index (χ4v) is 3.17. The van der Waals surface area contributed by atoms with Gasteiger partial charge in [0.05, 0.1) is 6.04 Å². The summed E-state index contributed by atoms with van der Waals surface area (Å²) in [6.45, 7) is 3.38. The molecule has 0 aliphatic heterocycles. The lowest BCUT2D eigenvalue weighted by Gasteiger charge is -2.26. The highest BCUT2D eigenvalue weighted by atomic mass is 32.2. The standard InChI is InChI=1S/C18H33N5O6S2/c1-9(2)14(17(27)21-11(18(28)29)6-7-31-3)23-16(26)12(8-30)22-15(25)10(19)4-5-13(20)24/h9-12,14,30H,4-8,19H2,1-3H3,(H2,20,24)(H,21,27)(H,22,25)(H,23,26)(H,28,29). The molecule has 0 aromatic rings. The van der Waals surface area contributed by atoms with E-state index in [0.717, 1.165) is 0 Å². The Morgan fingerprint density at radius 3 is 2.00 bits per heavy atom. The summed E-state index contributed by atoms with van der Waals surface area (Å²) >= 11 is 5.51. The number of carbonyl (C=O) groups excluding carboxylic acids is 4. The van der Waals surface area contributed by atoms with Crippen LogP contribution in [-0.4, -0.2) is 76.6 Å². The highest BCUT2D eigenvalue weighted by Gasteiger charge is 2.31. The van der Waals surface area contributed by atoms with Crippen LogP contribution in [0.4, 0.5) is 0 Å². The molecule has 11 nitrogen and oxygen atoms in total. The first-order chi connectivity index (χ1) is 14.4. The summed E-state index contributed by atoms with van der Waals surface area (Å²) in [5.41, 5.74) is 10.7. The van der Waals surface area contributed by atoms with Crippen LogP contribution in [0.5, 0.6) is 0 Å². The van der Waals surface area contributed by atoms with Gasteiger partial charge in [0.2, 0.25) is 23.6 Å². The van der Waals surface area contributed by atoms with Crippen molar-refractivity contribution in [3.05, 3.63) is 0 Å². The number of nitrogens with two attached hydrogens (primary N) is 2. The van der Waals surface area contributed by atoms with E-state index in [2.05, 4.69) is 28.6 Å². The number of carboxylic acid groups (broad SMARTS) is 1. The summed E-state index contributed by atoms with van der Waals surface area (Å²) in [5.74, 6) is -3.62. The average molecular weight is 480 g/mol. The van der Waals surface area contributed by atoms with E-state index in [0.29, 0.717) is 5.75 Å². The second kappa shape index (κ2) is 14.9. The number of nitrogens with one attached hydrogen (secondary N) is 3. The molecular weight excluding hydrogens is 446 g/mol. The molecule has 4 amide bonds. The average Bonchev–Trinajstić information content (AvgIpc) is 2.70. The molecular formula is C18H33N5O6S2. The fraction of sp³-hybridized carbons (Fsp3) is 0.722. The number of hydrogen-bond donors (Lipinski definition) is 7. The molecule has 0 fully saturated rings. The molecule has 0 aromatic heterocycles. The molecule has 0 aliphatic rings. The summed E-state index contributed by atoms with van der Waals surface area (Å²) in [7, 11) is 0. The van der Waals surface area contributed by atoms with Crippen LogP contribution in [0.2, 0.25) is 0 Å². The number of thiol groups is 1. The molecule has 0 bridgehead atoms. The maximum absolute atomic E-state index is 12.6. The van der Waals surface area contributed by atoms with E-state index in [9.17, 15) is 29.1 Å². The van der Waals surface area contributed by atoms with Gasteiger partial charge in [-0.3, -0.25) is 19.2 Å². The van der Waals surface area contributed by atoms with Crippen molar-refractivity contribution in [2.45, 2.75) is 57.3 Å². The van der Waals surface area contributed by atoms with Gasteiger partial charge in [-0.15, -0.1) is 0 Å². The lowest BCUT2D eigenvalue weighted by molar-refractivity contribution is -0.142. The van der Waals surface area contributed by atoms with Crippen molar-refractivity contribution in [2.24, 2.45) is 17.4 Å². The predicted octanol–water partition coefficient (Wildman–Crippen LogP) is -1.54. The number of carbonyl (C=O) groups is 5. The van der Waals surface area contributed by atoms with Crippen LogP contribution in [0.1, 0.15) is 33.1 Å². The number of aliphatic carboxylic acids is 1. The molecule has 8 N–H and O–H groups in total. The van der Waals surface area contributed by atoms with Crippen LogP contribution in [-0.2, 0) is 24.0 Å². The SMILES string of the molecule is CSCCC(NC(=O)C(NC(=O)C(CS)NC(=O)C(N)CCC(N)=O)C(C)C)C(=O)O. The van der Waals surface area contributed by atoms with Gasteiger partial charge in [-0.25, -0.2) is 4.79 Å². The third kappa shape index (κ3) is 11.3. The molecule has 13 heteroatoms. The van der Waals surface area contributed by atoms with E-state index >= 15 is 0 Å². The van der Waals surface area contributed by atoms with E-state index in [1.54, 1.807) is 13.8 Å². The first-order valence-corrected chi connectivity index (χ1v) is 11.7. The topological polar surface area (TPSA) is 194 Å². The Hall–Kier alpha value is -1.99. The molecule has 0 saturated carbocycles. The lowest BCUT2D eigenvalue weighted by atomic mass is 10.0. The van der Waals surface area contributed by atoms with Crippen LogP contribution < -0.4 is 27.4 Å². The Morgan fingerprint density at radius 1 is 0.968 bits per heavy atom. The zero-order chi connectivity index (χ0) is 24.1. The molecule has 0 aliphatic carbocycles. The van der Waals surface area contributed by atoms with E-state index in [1.807, 2.05) is 6.26 Å². The lowest BCUT2D eigenvalue weighted by Crippen LogP contribution is -2.59. The van der Waals surface area contributed by atoms with E-state index in [4.69, 9.17) is 11.5 Å². The van der Waals surface area contributed by atoms with E-state index in [-0.39, 0.29) is 30.9 Å². The first kappa shape index (κ1) is 29.0. The van der Waals surface area contributed by atoms with Crippen LogP contribution in [0.3, 0.4) is 0 Å². The Morgan fingerprint density at radius 2 is 1.55 bits per heavy atom. The van der Waals surface area contributed by atoms with Crippen LogP contribution in [0.15, 0.2) is 0 Å². The van der Waals surface area contributed by atoms with Crippen LogP contribution in [0.25, 0.3) is 0 Å². The van der Waals surface area contributed by atoms with Crippen molar-refractivity contribution in [3.63, 3.8) is 0 Å². The first-order valence-electron chi connectivity index (χ1n) is 9.72. The van der Waals surface area contributed by atoms with Gasteiger partial charge >= 0.3 is 5.97 Å². The zero-order valence-electron chi connectivity index (χ0n) is 17.9. The quantitative estimate of drug-likeness (QED) is 0.137. The maximum Gasteiger partial charge on any atom is 0.326 e. The van der Waals surface area contributed by atoms with Crippen LogP contribution >= 0.6 is 24.4 Å². The molecule has 0 heterocycles. The van der Waals surface area contributed by atoms with Gasteiger partial charge in [-0.05, 0) is 30.8 Å². The highest BCUT2D eigenvalue weighted by molar-refractivity contribution is 7.98. The number of amides is 4. The Bertz CT molecular complexity index is 649. The summed E-state index contributed by atoms with van der Waals surface area (Å²) in [6, 6.07) is -4.23. The van der Waals surface area contributed by atoms with Crippen molar-refractivity contribution in [2.75, 3.05) is 17.8 Å². The van der Waals surface area contributed by atoms with Crippen molar-refractivity contribution >= 4 is 54.0 Å². The van der Waals surface area contributed by atoms with Crippen molar-refractivity contribution in [1.29, 1.82) is 0 Å². The zero-order valence-corrected chi connectivity index (χ0v) is 19.6. The number of hydrogen-bond acceptors (Lipinski definition) is 8. The maximum atomic E-state index is 12.6. The predicted molar refractivity (Wildman–Crippen MR) is 122 cm³/mol. The van der Waals surface area contributed by atoms with Gasteiger partial charge in [-0.1, -0.05) is 13.8 Å². The van der Waals surface area contributed by atoms with Gasteiger partial charge in [0.1, 0.15) is 18.1 Å². The van der Waals surface area contributed by atoms with Gasteiger partial charge in [-0.2, -0.15) is 24.4 Å². The molecule has 0 saturated heterocycles. The normalized spacial score (nSPS) is 14.8. The van der Waals surface area contributed by atoms with Crippen LogP contribution in [0, 0.1) is 5.92 Å². The van der Waals surface area contributed by atoms with Crippen molar-refractivity contribution in [3.8, 4) is 0 Å². The third-order valence-electron chi connectivity index (χ3n) is 4.33. The van der Waals surface area contributed by atoms with E-state index in [1.165, 1.54) is 11.8 Å². The van der Waals surface area contributed by atoms with Gasteiger partial charge in [0.25, 0.3) is 0 Å². The third-order valence-corrected chi connectivity index (χ3v) is 5.34. The number of carboxylic acids is 1. The second-order valence-electron chi connectivity index (χ2n) is 7.27. The molecule has 4 atom stereocenters. The van der Waals surface area contributed by atoms with Crippen molar-refractivity contribution < 1.29 is 29.1 Å². The summed E-state index contributed by atoms with van der Waals surface area (Å²) in [5, 5.41) is 16.7. The second-order valence-corrected chi connectivity index (χ2v) is 8.62. The Labute approximate surface area is 191 Å². The molecule has 0 spiro atoms. The minimum atomic E-state index is -1.17. The number of thioether (sulfide) groups is 1. The summed E-state index contributed by atoms with van der Waals surface area (Å²) < 4.78 is 0. The largest absolute Gasteiger partial charge is 0.480 e. The van der Waals surface area contributed by atoms with Gasteiger partial charge in [0.15, 0.2) is 0 Å². The highest BCUT2D eigenvalue weighted by Crippen LogP contribution is 2.07. The van der Waals surface area contributed by atoms with Crippen molar-refractivity contribution in [1.82, 2.24) is 16.0 Å². The molecule has 0 radical (unpaired) electrons. The molecule has 0 rings (SSSR count). The Kier molecular flexibility index (Phi) is 14.0. The minimum Gasteiger partial charge on any atom is -0.480 e. The molecule has 0 aromatic carbocycles. The summed E-state index contributed by atoms with van der Waals surface area (Å²) in [6.07, 6.45) is 2.00. The number of primary amides is 1.